The second-order valence-electron chi connectivity index (χ2n) is 5.81. The third-order valence-corrected chi connectivity index (χ3v) is 4.53. The van der Waals surface area contributed by atoms with Crippen molar-refractivity contribution in [1.29, 1.82) is 0 Å². The first-order valence-corrected chi connectivity index (χ1v) is 8.90. The summed E-state index contributed by atoms with van der Waals surface area (Å²) in [6.07, 6.45) is 6.54. The lowest BCUT2D eigenvalue weighted by molar-refractivity contribution is 0.185. The average Bonchev–Trinajstić information content (AvgIpc) is 2.52. The number of rotatable bonds is 7. The first-order chi connectivity index (χ1) is 11.1. The zero-order valence-corrected chi connectivity index (χ0v) is 14.9. The van der Waals surface area contributed by atoms with E-state index in [1.165, 1.54) is 0 Å². The molecule has 1 amide bonds. The van der Waals surface area contributed by atoms with Gasteiger partial charge in [0.05, 0.1) is 4.47 Å². The molecule has 1 aliphatic rings. The van der Waals surface area contributed by atoms with E-state index in [1.54, 1.807) is 6.20 Å². The van der Waals surface area contributed by atoms with Gasteiger partial charge in [0.2, 0.25) is 5.95 Å². The highest BCUT2D eigenvalue weighted by Crippen LogP contribution is 2.26. The zero-order valence-electron chi connectivity index (χ0n) is 13.3. The average molecular weight is 386 g/mol. The highest BCUT2D eigenvalue weighted by atomic mass is 79.9. The zero-order chi connectivity index (χ0) is 16.7. The van der Waals surface area contributed by atoms with E-state index in [2.05, 4.69) is 48.8 Å². The van der Waals surface area contributed by atoms with E-state index in [1.807, 2.05) is 0 Å². The van der Waals surface area contributed by atoms with Crippen LogP contribution in [0.5, 0.6) is 0 Å². The van der Waals surface area contributed by atoms with Crippen LogP contribution < -0.4 is 16.0 Å². The number of nitrogens with zero attached hydrogens (tertiary/aromatic N) is 2. The van der Waals surface area contributed by atoms with Gasteiger partial charge in [0.15, 0.2) is 0 Å². The summed E-state index contributed by atoms with van der Waals surface area (Å²) in [6, 6.07) is 0.363. The quantitative estimate of drug-likeness (QED) is 0.536. The van der Waals surface area contributed by atoms with Gasteiger partial charge in [-0.25, -0.2) is 9.78 Å². The largest absolute Gasteiger partial charge is 0.465 e. The number of unbranched alkanes of at least 4 members (excludes halogenated alkanes) is 1. The number of carbonyl (C=O) groups is 1. The number of anilines is 2. The molecule has 0 spiro atoms. The molecule has 0 aliphatic heterocycles. The molecule has 2 rings (SSSR count). The molecule has 8 heteroatoms. The molecular formula is C15H24BrN5O2. The van der Waals surface area contributed by atoms with E-state index in [-0.39, 0.29) is 6.04 Å². The highest BCUT2D eigenvalue weighted by molar-refractivity contribution is 9.10. The molecule has 7 nitrogen and oxygen atoms in total. The second-order valence-corrected chi connectivity index (χ2v) is 6.67. The fraction of sp³-hybridized carbons (Fsp3) is 0.667. The van der Waals surface area contributed by atoms with Crippen molar-refractivity contribution in [2.45, 2.75) is 57.5 Å². The minimum absolute atomic E-state index is 0.0608. The topological polar surface area (TPSA) is 99.2 Å². The predicted molar refractivity (Wildman–Crippen MR) is 94.0 cm³/mol. The number of hydrogen-bond donors (Lipinski definition) is 4. The number of nitrogens with one attached hydrogen (secondary N) is 3. The van der Waals surface area contributed by atoms with Crippen LogP contribution in [0.4, 0.5) is 16.6 Å². The maximum absolute atomic E-state index is 10.7. The molecule has 1 saturated carbocycles. The molecule has 4 N–H and O–H groups in total. The van der Waals surface area contributed by atoms with Crippen molar-refractivity contribution in [2.24, 2.45) is 0 Å². The Bertz CT molecular complexity index is 521. The minimum atomic E-state index is -0.942. The van der Waals surface area contributed by atoms with Crippen molar-refractivity contribution in [1.82, 2.24) is 15.3 Å². The molecular weight excluding hydrogens is 362 g/mol. The fourth-order valence-corrected chi connectivity index (χ4v) is 2.99. The molecule has 0 aromatic carbocycles. The molecule has 0 unspecified atom stereocenters. The first-order valence-electron chi connectivity index (χ1n) is 8.11. The minimum Gasteiger partial charge on any atom is -0.465 e. The van der Waals surface area contributed by atoms with Gasteiger partial charge in [-0.2, -0.15) is 4.98 Å². The molecule has 1 aromatic heterocycles. The van der Waals surface area contributed by atoms with E-state index in [4.69, 9.17) is 5.11 Å². The fourth-order valence-electron chi connectivity index (χ4n) is 2.68. The molecule has 23 heavy (non-hydrogen) atoms. The van der Waals surface area contributed by atoms with E-state index in [0.29, 0.717) is 12.0 Å². The third kappa shape index (κ3) is 5.85. The molecule has 0 atom stereocenters. The Balaban J connectivity index is 1.87. The van der Waals surface area contributed by atoms with Gasteiger partial charge in [-0.05, 0) is 48.0 Å². The Morgan fingerprint density at radius 1 is 1.35 bits per heavy atom. The van der Waals surface area contributed by atoms with Gasteiger partial charge in [-0.15, -0.1) is 0 Å². The van der Waals surface area contributed by atoms with Crippen LogP contribution >= 0.6 is 15.9 Å². The number of carboxylic acid groups (broad SMARTS) is 1. The summed E-state index contributed by atoms with van der Waals surface area (Å²) in [5.41, 5.74) is 0. The predicted octanol–water partition coefficient (Wildman–Crippen LogP) is 3.44. The lowest BCUT2D eigenvalue weighted by atomic mass is 9.91. The third-order valence-electron chi connectivity index (χ3n) is 3.95. The molecule has 0 radical (unpaired) electrons. The smallest absolute Gasteiger partial charge is 0.404 e. The molecule has 1 aromatic rings. The number of amides is 1. The SMILES string of the molecule is CCCCNc1ncc(Br)c(N[C@H]2CC[C@H](NC(=O)O)CC2)n1. The van der Waals surface area contributed by atoms with Crippen molar-refractivity contribution in [2.75, 3.05) is 17.2 Å². The van der Waals surface area contributed by atoms with Gasteiger partial charge in [0.25, 0.3) is 0 Å². The Hall–Kier alpha value is -1.57. The normalized spacial score (nSPS) is 20.8. The van der Waals surface area contributed by atoms with E-state index >= 15 is 0 Å². The molecule has 1 aliphatic carbocycles. The number of hydrogen-bond acceptors (Lipinski definition) is 5. The van der Waals surface area contributed by atoms with Crippen LogP contribution in [0.25, 0.3) is 0 Å². The van der Waals surface area contributed by atoms with E-state index in [9.17, 15) is 4.79 Å². The lowest BCUT2D eigenvalue weighted by Gasteiger charge is -2.29. The van der Waals surface area contributed by atoms with Gasteiger partial charge in [0.1, 0.15) is 5.82 Å². The van der Waals surface area contributed by atoms with Gasteiger partial charge < -0.3 is 21.1 Å². The monoisotopic (exact) mass is 385 g/mol. The van der Waals surface area contributed by atoms with Crippen molar-refractivity contribution < 1.29 is 9.90 Å². The number of halogens is 1. The van der Waals surface area contributed by atoms with Crippen molar-refractivity contribution in [3.8, 4) is 0 Å². The summed E-state index contributed by atoms with van der Waals surface area (Å²) in [5, 5.41) is 18.0. The highest BCUT2D eigenvalue weighted by Gasteiger charge is 2.23. The van der Waals surface area contributed by atoms with Crippen LogP contribution in [0, 0.1) is 0 Å². The van der Waals surface area contributed by atoms with Gasteiger partial charge in [0, 0.05) is 24.8 Å². The van der Waals surface area contributed by atoms with Crippen LogP contribution in [-0.2, 0) is 0 Å². The van der Waals surface area contributed by atoms with E-state index < -0.39 is 6.09 Å². The van der Waals surface area contributed by atoms with Crippen LogP contribution in [-0.4, -0.2) is 39.8 Å². The molecule has 1 fully saturated rings. The maximum Gasteiger partial charge on any atom is 0.404 e. The van der Waals surface area contributed by atoms with E-state index in [0.717, 1.165) is 55.4 Å². The Labute approximate surface area is 144 Å². The molecule has 128 valence electrons. The summed E-state index contributed by atoms with van der Waals surface area (Å²) >= 11 is 3.48. The lowest BCUT2D eigenvalue weighted by Crippen LogP contribution is -2.39. The molecule has 1 heterocycles. The van der Waals surface area contributed by atoms with Crippen molar-refractivity contribution in [3.63, 3.8) is 0 Å². The summed E-state index contributed by atoms with van der Waals surface area (Å²) in [5.74, 6) is 1.42. The first kappa shape index (κ1) is 17.8. The maximum atomic E-state index is 10.7. The molecule has 0 saturated heterocycles. The van der Waals surface area contributed by atoms with Crippen LogP contribution in [0.2, 0.25) is 0 Å². The van der Waals surface area contributed by atoms with Crippen LogP contribution in [0.3, 0.4) is 0 Å². The number of aromatic nitrogens is 2. The Morgan fingerprint density at radius 2 is 2.04 bits per heavy atom. The molecule has 0 bridgehead atoms. The van der Waals surface area contributed by atoms with Crippen LogP contribution in [0.15, 0.2) is 10.7 Å². The standard InChI is InChI=1S/C15H24BrN5O2/c1-2-3-8-17-14-18-9-12(16)13(21-14)19-10-4-6-11(7-5-10)20-15(22)23/h9-11,20H,2-8H2,1H3,(H,22,23)(H2,17,18,19,21)/t10-,11-. The van der Waals surface area contributed by atoms with Gasteiger partial charge in [-0.1, -0.05) is 13.3 Å². The van der Waals surface area contributed by atoms with Gasteiger partial charge >= 0.3 is 6.09 Å². The summed E-state index contributed by atoms with van der Waals surface area (Å²) < 4.78 is 0.837. The second kappa shape index (κ2) is 8.90. The summed E-state index contributed by atoms with van der Waals surface area (Å²) in [7, 11) is 0. The van der Waals surface area contributed by atoms with Crippen molar-refractivity contribution >= 4 is 33.8 Å². The Morgan fingerprint density at radius 3 is 2.70 bits per heavy atom. The summed E-state index contributed by atoms with van der Waals surface area (Å²) in [6.45, 7) is 3.01. The van der Waals surface area contributed by atoms with Crippen LogP contribution in [0.1, 0.15) is 45.4 Å². The van der Waals surface area contributed by atoms with Gasteiger partial charge in [-0.3, -0.25) is 0 Å². The summed E-state index contributed by atoms with van der Waals surface area (Å²) in [4.78, 5) is 19.5. The Kier molecular flexibility index (Phi) is 6.88. The van der Waals surface area contributed by atoms with Crippen molar-refractivity contribution in [3.05, 3.63) is 10.7 Å².